The van der Waals surface area contributed by atoms with Crippen molar-refractivity contribution in [3.63, 3.8) is 0 Å². The number of nitrogen functional groups attached to an aromatic ring is 1. The molecule has 0 spiro atoms. The van der Waals surface area contributed by atoms with Crippen molar-refractivity contribution in [3.05, 3.63) is 23.5 Å². The topological polar surface area (TPSA) is 62.7 Å². The van der Waals surface area contributed by atoms with Crippen LogP contribution in [0.4, 0.5) is 9.52 Å². The van der Waals surface area contributed by atoms with Crippen LogP contribution in [0.2, 0.25) is 0 Å². The molecule has 0 bridgehead atoms. The summed E-state index contributed by atoms with van der Waals surface area (Å²) >= 11 is 1.24. The molecule has 2 rings (SSSR count). The fraction of sp³-hybridized carbons (Fsp3) is 0. The zero-order chi connectivity index (χ0) is 9.42. The summed E-state index contributed by atoms with van der Waals surface area (Å²) in [5, 5.41) is 8.93. The summed E-state index contributed by atoms with van der Waals surface area (Å²) in [6, 6.07) is 4.44. The van der Waals surface area contributed by atoms with Gasteiger partial charge in [-0.15, -0.1) is 0 Å². The molecule has 1 heterocycles. The molecule has 0 aliphatic rings. The maximum atomic E-state index is 13.0. The van der Waals surface area contributed by atoms with E-state index in [0.717, 1.165) is 4.70 Å². The van der Waals surface area contributed by atoms with Gasteiger partial charge in [0.1, 0.15) is 11.9 Å². The van der Waals surface area contributed by atoms with Crippen LogP contribution in [0.3, 0.4) is 0 Å². The minimum atomic E-state index is -0.555. The zero-order valence-electron chi connectivity index (χ0n) is 6.41. The van der Waals surface area contributed by atoms with E-state index in [9.17, 15) is 4.39 Å². The van der Waals surface area contributed by atoms with Crippen molar-refractivity contribution >= 4 is 26.7 Å². The van der Waals surface area contributed by atoms with Crippen LogP contribution >= 0.6 is 11.3 Å². The molecule has 2 N–H and O–H groups in total. The molecule has 0 amide bonds. The Hall–Kier alpha value is -1.67. The van der Waals surface area contributed by atoms with Gasteiger partial charge in [-0.3, -0.25) is 0 Å². The second-order valence-corrected chi connectivity index (χ2v) is 3.53. The van der Waals surface area contributed by atoms with Crippen LogP contribution in [0.25, 0.3) is 10.2 Å². The second-order valence-electron chi connectivity index (χ2n) is 2.46. The number of fused-ring (bicyclic) bond motifs is 1. The number of aromatic nitrogens is 1. The van der Waals surface area contributed by atoms with E-state index < -0.39 is 5.82 Å². The molecular weight excluding hydrogens is 189 g/mol. The predicted octanol–water partition coefficient (Wildman–Crippen LogP) is 1.89. The highest BCUT2D eigenvalue weighted by Gasteiger charge is 2.07. The molecule has 0 unspecified atom stereocenters. The Morgan fingerprint density at radius 1 is 1.54 bits per heavy atom. The van der Waals surface area contributed by atoms with E-state index in [1.807, 2.05) is 0 Å². The molecule has 0 radical (unpaired) electrons. The minimum absolute atomic E-state index is 0.0242. The van der Waals surface area contributed by atoms with Crippen molar-refractivity contribution in [2.45, 2.75) is 0 Å². The van der Waals surface area contributed by atoms with Gasteiger partial charge in [0.05, 0.1) is 15.8 Å². The van der Waals surface area contributed by atoms with Gasteiger partial charge < -0.3 is 5.73 Å². The van der Waals surface area contributed by atoms with Gasteiger partial charge in [0.2, 0.25) is 0 Å². The van der Waals surface area contributed by atoms with Crippen LogP contribution < -0.4 is 5.73 Å². The number of nitrogens with two attached hydrogens (primary N) is 1. The number of hydrogen-bond acceptors (Lipinski definition) is 4. The molecule has 2 aromatic rings. The molecule has 13 heavy (non-hydrogen) atoms. The van der Waals surface area contributed by atoms with Crippen molar-refractivity contribution < 1.29 is 4.39 Å². The lowest BCUT2D eigenvalue weighted by Gasteiger charge is -1.91. The molecule has 0 saturated carbocycles. The third-order valence-corrected chi connectivity index (χ3v) is 2.46. The summed E-state index contributed by atoms with van der Waals surface area (Å²) in [6.45, 7) is 0. The Morgan fingerprint density at radius 2 is 2.31 bits per heavy atom. The quantitative estimate of drug-likeness (QED) is 0.694. The van der Waals surface area contributed by atoms with Crippen molar-refractivity contribution in [1.82, 2.24) is 4.98 Å². The van der Waals surface area contributed by atoms with Crippen LogP contribution in [0, 0.1) is 17.1 Å². The normalized spacial score (nSPS) is 10.2. The summed E-state index contributed by atoms with van der Waals surface area (Å²) in [5.41, 5.74) is 5.96. The largest absolute Gasteiger partial charge is 0.375 e. The first-order chi connectivity index (χ1) is 6.20. The number of rotatable bonds is 0. The third kappa shape index (κ3) is 1.21. The van der Waals surface area contributed by atoms with Crippen molar-refractivity contribution in [2.75, 3.05) is 5.73 Å². The fourth-order valence-corrected chi connectivity index (χ4v) is 1.81. The van der Waals surface area contributed by atoms with Gasteiger partial charge in [0.15, 0.2) is 5.13 Å². The summed E-state index contributed by atoms with van der Waals surface area (Å²) in [5.74, 6) is -0.555. The lowest BCUT2D eigenvalue weighted by molar-refractivity contribution is 0.625. The van der Waals surface area contributed by atoms with Crippen molar-refractivity contribution in [3.8, 4) is 6.07 Å². The molecule has 0 atom stereocenters. The lowest BCUT2D eigenvalue weighted by Crippen LogP contribution is -1.83. The van der Waals surface area contributed by atoms with Crippen LogP contribution in [0.5, 0.6) is 0 Å². The van der Waals surface area contributed by atoms with Crippen LogP contribution in [0.15, 0.2) is 12.1 Å². The summed E-state index contributed by atoms with van der Waals surface area (Å²) in [4.78, 5) is 3.90. The maximum absolute atomic E-state index is 13.0. The predicted molar refractivity (Wildman–Crippen MR) is 48.7 cm³/mol. The fourth-order valence-electron chi connectivity index (χ4n) is 1.05. The number of nitriles is 1. The number of hydrogen-bond donors (Lipinski definition) is 1. The van der Waals surface area contributed by atoms with Gasteiger partial charge in [-0.05, 0) is 6.07 Å². The highest BCUT2D eigenvalue weighted by atomic mass is 32.1. The van der Waals surface area contributed by atoms with E-state index in [-0.39, 0.29) is 5.56 Å². The van der Waals surface area contributed by atoms with E-state index in [1.165, 1.54) is 23.5 Å². The van der Waals surface area contributed by atoms with E-state index in [1.54, 1.807) is 6.07 Å². The number of anilines is 1. The highest BCUT2D eigenvalue weighted by molar-refractivity contribution is 7.22. The van der Waals surface area contributed by atoms with Gasteiger partial charge in [-0.25, -0.2) is 9.37 Å². The highest BCUT2D eigenvalue weighted by Crippen LogP contribution is 2.25. The first kappa shape index (κ1) is 7.95. The standard InChI is InChI=1S/C8H4FN3S/c9-5-2-6-7(1-4(5)3-10)13-8(11)12-6/h1-2H,(H2,11,12). The monoisotopic (exact) mass is 193 g/mol. The van der Waals surface area contributed by atoms with E-state index in [4.69, 9.17) is 11.0 Å². The molecule has 0 saturated heterocycles. The Morgan fingerprint density at radius 3 is 3.00 bits per heavy atom. The summed E-state index contributed by atoms with van der Waals surface area (Å²) in [7, 11) is 0. The van der Waals surface area contributed by atoms with Crippen LogP contribution in [-0.4, -0.2) is 4.98 Å². The Balaban J connectivity index is 2.82. The summed E-state index contributed by atoms with van der Waals surface area (Å²) in [6.07, 6.45) is 0. The Kier molecular flexibility index (Phi) is 1.64. The van der Waals surface area contributed by atoms with Gasteiger partial charge in [-0.2, -0.15) is 5.26 Å². The molecule has 3 nitrogen and oxygen atoms in total. The second kappa shape index (κ2) is 2.68. The van der Waals surface area contributed by atoms with Gasteiger partial charge in [-0.1, -0.05) is 11.3 Å². The maximum Gasteiger partial charge on any atom is 0.181 e. The average Bonchev–Trinajstić information content (AvgIpc) is 2.42. The first-order valence-corrected chi connectivity index (χ1v) is 4.28. The number of thiazole rings is 1. The van der Waals surface area contributed by atoms with Gasteiger partial charge in [0, 0.05) is 6.07 Å². The Bertz CT molecular complexity index is 512. The number of halogens is 1. The number of nitrogens with zero attached hydrogens (tertiary/aromatic N) is 2. The van der Waals surface area contributed by atoms with Gasteiger partial charge in [0.25, 0.3) is 0 Å². The zero-order valence-corrected chi connectivity index (χ0v) is 7.23. The van der Waals surface area contributed by atoms with Crippen molar-refractivity contribution in [2.24, 2.45) is 0 Å². The average molecular weight is 193 g/mol. The molecular formula is C8H4FN3S. The van der Waals surface area contributed by atoms with Gasteiger partial charge >= 0.3 is 0 Å². The SMILES string of the molecule is N#Cc1cc2sc(N)nc2cc1F. The van der Waals surface area contributed by atoms with Crippen molar-refractivity contribution in [1.29, 1.82) is 5.26 Å². The first-order valence-electron chi connectivity index (χ1n) is 3.46. The van der Waals surface area contributed by atoms with E-state index in [0.29, 0.717) is 10.6 Å². The van der Waals surface area contributed by atoms with Crippen LogP contribution in [-0.2, 0) is 0 Å². The van der Waals surface area contributed by atoms with E-state index in [2.05, 4.69) is 4.98 Å². The molecule has 5 heteroatoms. The molecule has 0 aliphatic carbocycles. The minimum Gasteiger partial charge on any atom is -0.375 e. The molecule has 1 aromatic heterocycles. The third-order valence-electron chi connectivity index (χ3n) is 1.61. The lowest BCUT2D eigenvalue weighted by atomic mass is 10.2. The smallest absolute Gasteiger partial charge is 0.181 e. The molecule has 1 aromatic carbocycles. The van der Waals surface area contributed by atoms with Crippen LogP contribution in [0.1, 0.15) is 5.56 Å². The van der Waals surface area contributed by atoms with E-state index >= 15 is 0 Å². The molecule has 0 aliphatic heterocycles. The molecule has 64 valence electrons. The summed E-state index contributed by atoms with van der Waals surface area (Å²) < 4.78 is 13.8. The molecule has 0 fully saturated rings. The number of benzene rings is 1. The Labute approximate surface area is 77.2 Å².